The van der Waals surface area contributed by atoms with Crippen molar-refractivity contribution < 1.29 is 4.43 Å². The van der Waals surface area contributed by atoms with E-state index in [0.29, 0.717) is 5.04 Å². The van der Waals surface area contributed by atoms with Crippen LogP contribution >= 0.6 is 45.2 Å². The molecule has 0 heterocycles. The van der Waals surface area contributed by atoms with Gasteiger partial charge in [-0.15, -0.1) is 0 Å². The first kappa shape index (κ1) is 16.1. The van der Waals surface area contributed by atoms with Crippen molar-refractivity contribution in [3.8, 4) is 0 Å². The second kappa shape index (κ2) is 6.76. The summed E-state index contributed by atoms with van der Waals surface area (Å²) in [6, 6.07) is 0. The second-order valence-corrected chi connectivity index (χ2v) is 14.2. The monoisotopic (exact) mass is 450 g/mol. The zero-order valence-electron chi connectivity index (χ0n) is 10.1. The average Bonchev–Trinajstić information content (AvgIpc) is 2.00. The van der Waals surface area contributed by atoms with Gasteiger partial charge in [0.2, 0.25) is 0 Å². The van der Waals surface area contributed by atoms with E-state index in [4.69, 9.17) is 4.43 Å². The first-order valence-electron chi connectivity index (χ1n) is 4.98. The summed E-state index contributed by atoms with van der Waals surface area (Å²) in [6.07, 6.45) is 6.22. The molecule has 0 aromatic rings. The number of hydrogen-bond donors (Lipinski definition) is 0. The number of halogens is 2. The third kappa shape index (κ3) is 7.12. The molecular formula is C11H20I2OSi. The van der Waals surface area contributed by atoms with Crippen LogP contribution in [0.2, 0.25) is 18.1 Å². The number of rotatable bonds is 4. The predicted molar refractivity (Wildman–Crippen MR) is 88.4 cm³/mol. The maximum absolute atomic E-state index is 5.99. The van der Waals surface area contributed by atoms with E-state index in [0.717, 1.165) is 6.61 Å². The highest BCUT2D eigenvalue weighted by Crippen LogP contribution is 2.36. The fourth-order valence-electron chi connectivity index (χ4n) is 0.669. The van der Waals surface area contributed by atoms with E-state index < -0.39 is 8.32 Å². The van der Waals surface area contributed by atoms with Gasteiger partial charge in [0, 0.05) is 0 Å². The predicted octanol–water partition coefficient (Wildman–Crippen LogP) is 5.28. The highest BCUT2D eigenvalue weighted by molar-refractivity contribution is 14.2. The Labute approximate surface area is 122 Å². The third-order valence-corrected chi connectivity index (χ3v) is 7.92. The van der Waals surface area contributed by atoms with Crippen LogP contribution in [0.3, 0.4) is 0 Å². The molecule has 4 heteroatoms. The maximum atomic E-state index is 5.99. The molecule has 0 fully saturated rings. The van der Waals surface area contributed by atoms with Gasteiger partial charge in [-0.3, -0.25) is 0 Å². The van der Waals surface area contributed by atoms with Crippen molar-refractivity contribution in [1.82, 2.24) is 0 Å². The Morgan fingerprint density at radius 3 is 2.20 bits per heavy atom. The van der Waals surface area contributed by atoms with E-state index in [9.17, 15) is 0 Å². The molecule has 0 atom stereocenters. The maximum Gasteiger partial charge on any atom is 0.192 e. The van der Waals surface area contributed by atoms with E-state index in [1.807, 2.05) is 0 Å². The van der Waals surface area contributed by atoms with Gasteiger partial charge in [0.25, 0.3) is 0 Å². The second-order valence-electron chi connectivity index (χ2n) is 4.96. The van der Waals surface area contributed by atoms with E-state index in [-0.39, 0.29) is 0 Å². The zero-order chi connectivity index (χ0) is 12.1. The van der Waals surface area contributed by atoms with Gasteiger partial charge < -0.3 is 4.43 Å². The van der Waals surface area contributed by atoms with E-state index in [2.05, 4.69) is 97.3 Å². The van der Waals surface area contributed by atoms with Crippen molar-refractivity contribution >= 4 is 53.5 Å². The van der Waals surface area contributed by atoms with Crippen LogP contribution in [0.25, 0.3) is 0 Å². The van der Waals surface area contributed by atoms with E-state index >= 15 is 0 Å². The molecule has 0 amide bonds. The molecule has 1 nitrogen and oxygen atoms in total. The smallest absolute Gasteiger partial charge is 0.192 e. The highest BCUT2D eigenvalue weighted by atomic mass is 127. The zero-order valence-corrected chi connectivity index (χ0v) is 15.4. The molecule has 0 aliphatic heterocycles. The molecule has 0 spiro atoms. The van der Waals surface area contributed by atoms with Gasteiger partial charge in [-0.05, 0) is 69.4 Å². The molecule has 88 valence electrons. The lowest BCUT2D eigenvalue weighted by atomic mass is 10.2. The molecule has 15 heavy (non-hydrogen) atoms. The van der Waals surface area contributed by atoms with Gasteiger partial charge >= 0.3 is 0 Å². The van der Waals surface area contributed by atoms with Gasteiger partial charge in [-0.1, -0.05) is 32.9 Å². The van der Waals surface area contributed by atoms with E-state index in [1.165, 1.54) is 1.59 Å². The van der Waals surface area contributed by atoms with Crippen molar-refractivity contribution in [1.29, 1.82) is 0 Å². The van der Waals surface area contributed by atoms with Gasteiger partial charge in [0.1, 0.15) is 0 Å². The van der Waals surface area contributed by atoms with Crippen LogP contribution in [0.4, 0.5) is 0 Å². The first-order valence-corrected chi connectivity index (χ1v) is 10.1. The summed E-state index contributed by atoms with van der Waals surface area (Å²) < 4.78 is 7.25. The molecule has 0 saturated heterocycles. The Balaban J connectivity index is 4.07. The van der Waals surface area contributed by atoms with Crippen LogP contribution in [0.5, 0.6) is 0 Å². The molecule has 0 radical (unpaired) electrons. The van der Waals surface area contributed by atoms with Gasteiger partial charge in [-0.25, -0.2) is 0 Å². The summed E-state index contributed by atoms with van der Waals surface area (Å²) in [5, 5.41) is 0.300. The molecular weight excluding hydrogens is 430 g/mol. The Morgan fingerprint density at radius 2 is 1.80 bits per heavy atom. The van der Waals surface area contributed by atoms with Crippen LogP contribution in [0.15, 0.2) is 19.8 Å². The molecule has 0 saturated carbocycles. The minimum Gasteiger partial charge on any atom is -0.413 e. The fraction of sp³-hybridized carbons (Fsp3) is 0.636. The highest BCUT2D eigenvalue weighted by Gasteiger charge is 2.36. The third-order valence-electron chi connectivity index (χ3n) is 2.70. The topological polar surface area (TPSA) is 9.23 Å². The van der Waals surface area contributed by atoms with Gasteiger partial charge in [-0.2, -0.15) is 0 Å². The van der Waals surface area contributed by atoms with Crippen molar-refractivity contribution in [3.05, 3.63) is 19.8 Å². The molecule has 0 aromatic carbocycles. The van der Waals surface area contributed by atoms with Crippen LogP contribution in [-0.2, 0) is 4.43 Å². The summed E-state index contributed by atoms with van der Waals surface area (Å²) in [5.74, 6) is 0. The van der Waals surface area contributed by atoms with Crippen molar-refractivity contribution in [3.63, 3.8) is 0 Å². The van der Waals surface area contributed by atoms with Crippen LogP contribution < -0.4 is 0 Å². The molecule has 0 aromatic heterocycles. The number of allylic oxidation sites excluding steroid dienone is 2. The van der Waals surface area contributed by atoms with Crippen LogP contribution in [0, 0.1) is 0 Å². The lowest BCUT2D eigenvalue weighted by Gasteiger charge is -2.35. The molecule has 0 N–H and O–H groups in total. The largest absolute Gasteiger partial charge is 0.413 e. The molecule has 0 rings (SSSR count). The quantitative estimate of drug-likeness (QED) is 0.322. The van der Waals surface area contributed by atoms with Crippen LogP contribution in [-0.4, -0.2) is 14.9 Å². The first-order chi connectivity index (χ1) is 6.67. The Kier molecular flexibility index (Phi) is 7.26. The Morgan fingerprint density at radius 1 is 1.27 bits per heavy atom. The van der Waals surface area contributed by atoms with Gasteiger partial charge in [0.15, 0.2) is 8.32 Å². The van der Waals surface area contributed by atoms with Crippen molar-refractivity contribution in [2.45, 2.75) is 38.9 Å². The lowest BCUT2D eigenvalue weighted by Crippen LogP contribution is -2.40. The van der Waals surface area contributed by atoms with Crippen molar-refractivity contribution in [2.75, 3.05) is 6.61 Å². The summed E-state index contributed by atoms with van der Waals surface area (Å²) >= 11 is 4.58. The molecule has 0 bridgehead atoms. The molecule has 0 aliphatic carbocycles. The summed E-state index contributed by atoms with van der Waals surface area (Å²) in [7, 11) is -1.56. The normalized spacial score (nSPS) is 13.3. The lowest BCUT2D eigenvalue weighted by molar-refractivity contribution is 0.328. The SMILES string of the molecule is CC(C)(C)[Si](C)(C)OC/C=C/C=C(I)I. The summed E-state index contributed by atoms with van der Waals surface area (Å²) in [6.45, 7) is 12.1. The van der Waals surface area contributed by atoms with E-state index in [1.54, 1.807) is 0 Å². The minimum absolute atomic E-state index is 0.300. The Bertz CT molecular complexity index is 248. The summed E-state index contributed by atoms with van der Waals surface area (Å²) in [4.78, 5) is 0. The number of hydrogen-bond acceptors (Lipinski definition) is 1. The van der Waals surface area contributed by atoms with Crippen LogP contribution in [0.1, 0.15) is 20.8 Å². The fourth-order valence-corrected chi connectivity index (χ4v) is 2.03. The standard InChI is InChI=1S/C11H20I2OSi/c1-11(2,3)15(4,5)14-9-7-6-8-10(12)13/h6-8H,9H2,1-5H3/b7-6+. The molecule has 0 unspecified atom stereocenters. The Hall–Kier alpha value is 1.12. The van der Waals surface area contributed by atoms with Gasteiger partial charge in [0.05, 0.1) is 8.19 Å². The summed E-state index contributed by atoms with van der Waals surface area (Å²) in [5.41, 5.74) is 0. The van der Waals surface area contributed by atoms with Crippen molar-refractivity contribution in [2.24, 2.45) is 0 Å². The minimum atomic E-state index is -1.56. The molecule has 0 aliphatic rings. The average molecular weight is 450 g/mol.